The maximum atomic E-state index is 13.5. The van der Waals surface area contributed by atoms with Gasteiger partial charge in [0.05, 0.1) is 12.2 Å². The van der Waals surface area contributed by atoms with Crippen LogP contribution >= 0.6 is 0 Å². The first-order chi connectivity index (χ1) is 16.7. The van der Waals surface area contributed by atoms with Crippen molar-refractivity contribution < 1.29 is 18.4 Å². The molecule has 2 aromatic heterocycles. The highest BCUT2D eigenvalue weighted by Gasteiger charge is 2.43. The van der Waals surface area contributed by atoms with Gasteiger partial charge in [-0.05, 0) is 74.1 Å². The molecule has 0 aliphatic heterocycles. The zero-order chi connectivity index (χ0) is 26.5. The van der Waals surface area contributed by atoms with Gasteiger partial charge in [-0.3, -0.25) is 14.6 Å². The molecule has 192 valence electrons. The van der Waals surface area contributed by atoms with Crippen LogP contribution in [0.4, 0.5) is 0 Å². The number of furan rings is 1. The molecule has 2 amide bonds. The molecule has 0 radical (unpaired) electrons. The summed E-state index contributed by atoms with van der Waals surface area (Å²) in [6.07, 6.45) is 2.84. The molecule has 1 fully saturated rings. The van der Waals surface area contributed by atoms with Gasteiger partial charge in [-0.1, -0.05) is 32.9 Å². The molecule has 3 N–H and O–H groups in total. The lowest BCUT2D eigenvalue weighted by Crippen LogP contribution is -2.60. The fraction of sp³-hybridized carbons (Fsp3) is 0.464. The van der Waals surface area contributed by atoms with Crippen LogP contribution < -0.4 is 11.1 Å². The SMILES string of the molecule is Cc1oc2ccc([C@@H]3C[C@H]3c3ccccn3)cc2c1C(=O)N[C@@](C)(CO[Si](C)(C)C(C)(C)C)C(N)=O. The molecule has 1 saturated carbocycles. The summed E-state index contributed by atoms with van der Waals surface area (Å²) < 4.78 is 12.2. The van der Waals surface area contributed by atoms with Crippen molar-refractivity contribution in [2.24, 2.45) is 5.73 Å². The second-order valence-electron chi connectivity index (χ2n) is 11.7. The van der Waals surface area contributed by atoms with Crippen LogP contribution in [0.25, 0.3) is 11.0 Å². The van der Waals surface area contributed by atoms with E-state index in [9.17, 15) is 9.59 Å². The van der Waals surface area contributed by atoms with Crippen molar-refractivity contribution in [1.82, 2.24) is 10.3 Å². The number of nitrogens with zero attached hydrogens (tertiary/aromatic N) is 1. The number of carbonyl (C=O) groups excluding carboxylic acids is 2. The van der Waals surface area contributed by atoms with Gasteiger partial charge in [-0.15, -0.1) is 0 Å². The zero-order valence-electron chi connectivity index (χ0n) is 22.3. The summed E-state index contributed by atoms with van der Waals surface area (Å²) in [5.41, 5.74) is 7.68. The van der Waals surface area contributed by atoms with E-state index in [1.165, 1.54) is 0 Å². The molecule has 1 aromatic carbocycles. The van der Waals surface area contributed by atoms with E-state index in [0.29, 0.717) is 28.7 Å². The Morgan fingerprint density at radius 1 is 1.17 bits per heavy atom. The zero-order valence-corrected chi connectivity index (χ0v) is 23.3. The van der Waals surface area contributed by atoms with Gasteiger partial charge in [0.25, 0.3) is 5.91 Å². The summed E-state index contributed by atoms with van der Waals surface area (Å²) in [4.78, 5) is 30.5. The molecule has 2 heterocycles. The number of nitrogens with one attached hydrogen (secondary N) is 1. The molecule has 0 spiro atoms. The average molecular weight is 508 g/mol. The minimum atomic E-state index is -2.16. The predicted octanol–water partition coefficient (Wildman–Crippen LogP) is 5.40. The first-order valence-corrected chi connectivity index (χ1v) is 15.3. The Morgan fingerprint density at radius 2 is 1.89 bits per heavy atom. The van der Waals surface area contributed by atoms with Gasteiger partial charge < -0.3 is 19.9 Å². The van der Waals surface area contributed by atoms with Crippen LogP contribution in [-0.4, -0.2) is 37.3 Å². The fourth-order valence-electron chi connectivity index (χ4n) is 4.26. The summed E-state index contributed by atoms with van der Waals surface area (Å²) in [6.45, 7) is 14.0. The second kappa shape index (κ2) is 9.16. The van der Waals surface area contributed by atoms with Crippen molar-refractivity contribution in [1.29, 1.82) is 0 Å². The van der Waals surface area contributed by atoms with Gasteiger partial charge in [0.15, 0.2) is 8.32 Å². The Hall–Kier alpha value is -2.97. The number of hydrogen-bond acceptors (Lipinski definition) is 5. The van der Waals surface area contributed by atoms with Gasteiger partial charge in [-0.2, -0.15) is 0 Å². The number of benzene rings is 1. The molecule has 1 aliphatic carbocycles. The number of aryl methyl sites for hydroxylation is 1. The van der Waals surface area contributed by atoms with Crippen LogP contribution in [0, 0.1) is 6.92 Å². The molecular weight excluding hydrogens is 470 g/mol. The standard InChI is InChI=1S/C28H37N3O4Si/c1-17-24(25(32)31-28(5,26(29)33)16-34-36(6,7)27(2,3)4)21-14-18(11-12-23(21)35-17)19-15-20(19)22-10-8-9-13-30-22/h8-14,19-20H,15-16H2,1-7H3,(H2,29,33)(H,31,32)/t19-,20+,28-/m0/s1. The Morgan fingerprint density at radius 3 is 2.50 bits per heavy atom. The van der Waals surface area contributed by atoms with Crippen molar-refractivity contribution >= 4 is 31.1 Å². The largest absolute Gasteiger partial charge is 0.461 e. The minimum Gasteiger partial charge on any atom is -0.461 e. The maximum absolute atomic E-state index is 13.5. The molecule has 0 bridgehead atoms. The number of carbonyl (C=O) groups is 2. The lowest BCUT2D eigenvalue weighted by Gasteiger charge is -2.39. The van der Waals surface area contributed by atoms with E-state index in [1.807, 2.05) is 30.5 Å². The molecule has 4 rings (SSSR count). The van der Waals surface area contributed by atoms with E-state index >= 15 is 0 Å². The normalized spacial score (nSPS) is 19.6. The number of primary amides is 1. The van der Waals surface area contributed by atoms with Crippen molar-refractivity contribution in [3.63, 3.8) is 0 Å². The average Bonchev–Trinajstić information content (AvgIpc) is 3.53. The van der Waals surface area contributed by atoms with Crippen LogP contribution in [0.5, 0.6) is 0 Å². The topological polar surface area (TPSA) is 107 Å². The number of aromatic nitrogens is 1. The number of hydrogen-bond donors (Lipinski definition) is 2. The third-order valence-electron chi connectivity index (χ3n) is 7.86. The molecule has 7 nitrogen and oxygen atoms in total. The summed E-state index contributed by atoms with van der Waals surface area (Å²) >= 11 is 0. The third kappa shape index (κ3) is 4.97. The van der Waals surface area contributed by atoms with E-state index in [1.54, 1.807) is 13.8 Å². The second-order valence-corrected chi connectivity index (χ2v) is 16.5. The van der Waals surface area contributed by atoms with Gasteiger partial charge in [-0.25, -0.2) is 0 Å². The molecule has 3 aromatic rings. The predicted molar refractivity (Wildman–Crippen MR) is 144 cm³/mol. The minimum absolute atomic E-state index is 0.0124. The highest BCUT2D eigenvalue weighted by Crippen LogP contribution is 2.54. The number of rotatable bonds is 8. The highest BCUT2D eigenvalue weighted by molar-refractivity contribution is 6.74. The first-order valence-electron chi connectivity index (χ1n) is 12.4. The van der Waals surface area contributed by atoms with Gasteiger partial charge in [0.2, 0.25) is 5.91 Å². The van der Waals surface area contributed by atoms with Gasteiger partial charge in [0.1, 0.15) is 16.9 Å². The maximum Gasteiger partial charge on any atom is 0.256 e. The van der Waals surface area contributed by atoms with Crippen molar-refractivity contribution in [3.05, 3.63) is 65.2 Å². The number of amides is 2. The van der Waals surface area contributed by atoms with Crippen molar-refractivity contribution in [2.45, 2.75) is 76.5 Å². The van der Waals surface area contributed by atoms with Crippen LogP contribution in [0.3, 0.4) is 0 Å². The summed E-state index contributed by atoms with van der Waals surface area (Å²) in [5, 5.41) is 3.55. The van der Waals surface area contributed by atoms with E-state index in [4.69, 9.17) is 14.6 Å². The quantitative estimate of drug-likeness (QED) is 0.397. The number of pyridine rings is 1. The van der Waals surface area contributed by atoms with Crippen LogP contribution in [-0.2, 0) is 9.22 Å². The molecule has 0 saturated heterocycles. The lowest BCUT2D eigenvalue weighted by atomic mass is 10.00. The molecule has 8 heteroatoms. The first kappa shape index (κ1) is 26.1. The van der Waals surface area contributed by atoms with E-state index < -0.39 is 25.7 Å². The molecule has 3 atom stereocenters. The van der Waals surface area contributed by atoms with Crippen LogP contribution in [0.15, 0.2) is 47.0 Å². The Bertz CT molecular complexity index is 1300. The summed E-state index contributed by atoms with van der Waals surface area (Å²) in [7, 11) is -2.16. The lowest BCUT2D eigenvalue weighted by molar-refractivity contribution is -0.124. The molecule has 36 heavy (non-hydrogen) atoms. The number of fused-ring (bicyclic) bond motifs is 1. The number of nitrogens with two attached hydrogens (primary N) is 1. The summed E-state index contributed by atoms with van der Waals surface area (Å²) in [6, 6.07) is 12.0. The summed E-state index contributed by atoms with van der Waals surface area (Å²) in [5.74, 6) is 0.176. The third-order valence-corrected chi connectivity index (χ3v) is 12.3. The van der Waals surface area contributed by atoms with Gasteiger partial charge in [0, 0.05) is 23.2 Å². The smallest absolute Gasteiger partial charge is 0.256 e. The Labute approximate surface area is 213 Å². The molecular formula is C28H37N3O4Si. The van der Waals surface area contributed by atoms with E-state index in [-0.39, 0.29) is 11.6 Å². The Kier molecular flexibility index (Phi) is 6.64. The molecule has 1 aliphatic rings. The van der Waals surface area contributed by atoms with Crippen LogP contribution in [0.2, 0.25) is 18.1 Å². The fourth-order valence-corrected chi connectivity index (χ4v) is 5.34. The van der Waals surface area contributed by atoms with E-state index in [0.717, 1.165) is 23.1 Å². The van der Waals surface area contributed by atoms with Gasteiger partial charge >= 0.3 is 0 Å². The van der Waals surface area contributed by atoms with Crippen molar-refractivity contribution in [2.75, 3.05) is 6.61 Å². The molecule has 0 unspecified atom stereocenters. The highest BCUT2D eigenvalue weighted by atomic mass is 28.4. The van der Waals surface area contributed by atoms with E-state index in [2.05, 4.69) is 56.3 Å². The Balaban J connectivity index is 1.58. The van der Waals surface area contributed by atoms with Crippen molar-refractivity contribution in [3.8, 4) is 0 Å². The monoisotopic (exact) mass is 507 g/mol. The van der Waals surface area contributed by atoms with Crippen LogP contribution in [0.1, 0.15) is 73.3 Å².